The van der Waals surface area contributed by atoms with E-state index in [0.717, 1.165) is 0 Å². The van der Waals surface area contributed by atoms with Gasteiger partial charge in [0.05, 0.1) is 5.02 Å². The molecule has 0 aliphatic rings. The Morgan fingerprint density at radius 3 is 2.67 bits per heavy atom. The van der Waals surface area contributed by atoms with E-state index in [2.05, 4.69) is 0 Å². The molecule has 21 heavy (non-hydrogen) atoms. The molecule has 0 spiro atoms. The fourth-order valence-corrected chi connectivity index (χ4v) is 2.00. The van der Waals surface area contributed by atoms with Crippen LogP contribution in [0.5, 0.6) is 11.5 Å². The Bertz CT molecular complexity index is 670. The van der Waals surface area contributed by atoms with E-state index in [0.29, 0.717) is 27.6 Å². The lowest BCUT2D eigenvalue weighted by Crippen LogP contribution is -2.17. The van der Waals surface area contributed by atoms with Crippen LogP contribution >= 0.6 is 23.2 Å². The molecule has 0 aliphatic carbocycles. The number of aldehydes is 1. The molecule has 0 saturated carbocycles. The van der Waals surface area contributed by atoms with Crippen LogP contribution in [-0.4, -0.2) is 18.9 Å². The van der Waals surface area contributed by atoms with E-state index in [1.807, 2.05) is 0 Å². The lowest BCUT2D eigenvalue weighted by Gasteiger charge is -2.08. The quantitative estimate of drug-likeness (QED) is 0.477. The maximum Gasteiger partial charge on any atom is 0.349 e. The summed E-state index contributed by atoms with van der Waals surface area (Å²) in [6.45, 7) is -0.313. The number of esters is 1. The molecular formula is C15H10Cl2O4. The summed E-state index contributed by atoms with van der Waals surface area (Å²) < 4.78 is 10.3. The summed E-state index contributed by atoms with van der Waals surface area (Å²) in [6.07, 6.45) is 0.668. The molecule has 4 nitrogen and oxygen atoms in total. The normalized spacial score (nSPS) is 10.0. The van der Waals surface area contributed by atoms with Gasteiger partial charge in [0.2, 0.25) is 0 Å². The minimum absolute atomic E-state index is 0.274. The molecule has 0 aliphatic heterocycles. The van der Waals surface area contributed by atoms with Crippen LogP contribution in [0.15, 0.2) is 42.5 Å². The SMILES string of the molecule is O=Cc1cccc(OC(=O)COc2ccc(Cl)cc2Cl)c1. The van der Waals surface area contributed by atoms with E-state index in [-0.39, 0.29) is 12.4 Å². The van der Waals surface area contributed by atoms with Gasteiger partial charge in [-0.3, -0.25) is 4.79 Å². The Morgan fingerprint density at radius 1 is 1.14 bits per heavy atom. The van der Waals surface area contributed by atoms with Crippen LogP contribution in [0.4, 0.5) is 0 Å². The van der Waals surface area contributed by atoms with E-state index in [1.165, 1.54) is 12.1 Å². The van der Waals surface area contributed by atoms with Crippen molar-refractivity contribution in [3.63, 3.8) is 0 Å². The van der Waals surface area contributed by atoms with Crippen LogP contribution in [0.1, 0.15) is 10.4 Å². The number of ether oxygens (including phenoxy) is 2. The Hall–Kier alpha value is -2.04. The van der Waals surface area contributed by atoms with Crippen LogP contribution in [-0.2, 0) is 4.79 Å². The number of rotatable bonds is 5. The standard InChI is InChI=1S/C15H10Cl2O4/c16-11-4-5-14(13(17)7-11)20-9-15(19)21-12-3-1-2-10(6-12)8-18/h1-8H,9H2. The summed E-state index contributed by atoms with van der Waals surface area (Å²) in [7, 11) is 0. The lowest BCUT2D eigenvalue weighted by atomic mass is 10.2. The van der Waals surface area contributed by atoms with Crippen LogP contribution in [0.2, 0.25) is 10.0 Å². The summed E-state index contributed by atoms with van der Waals surface area (Å²) in [5.41, 5.74) is 0.418. The molecule has 108 valence electrons. The molecule has 0 atom stereocenters. The molecule has 2 aromatic carbocycles. The van der Waals surface area contributed by atoms with Gasteiger partial charge in [0.25, 0.3) is 0 Å². The monoisotopic (exact) mass is 324 g/mol. The predicted molar refractivity (Wildman–Crippen MR) is 79.4 cm³/mol. The number of halogens is 2. The number of carbonyl (C=O) groups is 2. The summed E-state index contributed by atoms with van der Waals surface area (Å²) in [5, 5.41) is 0.777. The molecule has 2 rings (SSSR count). The highest BCUT2D eigenvalue weighted by Gasteiger charge is 2.09. The van der Waals surface area contributed by atoms with E-state index in [9.17, 15) is 9.59 Å². The zero-order valence-electron chi connectivity index (χ0n) is 10.7. The van der Waals surface area contributed by atoms with Gasteiger partial charge in [0.15, 0.2) is 6.61 Å². The first kappa shape index (κ1) is 15.4. The first-order valence-corrected chi connectivity index (χ1v) is 6.68. The Labute approximate surface area is 131 Å². The first-order valence-electron chi connectivity index (χ1n) is 5.92. The smallest absolute Gasteiger partial charge is 0.349 e. The van der Waals surface area contributed by atoms with Gasteiger partial charge in [-0.1, -0.05) is 35.3 Å². The van der Waals surface area contributed by atoms with E-state index >= 15 is 0 Å². The third-order valence-corrected chi connectivity index (χ3v) is 3.00. The fraction of sp³-hybridized carbons (Fsp3) is 0.0667. The van der Waals surface area contributed by atoms with Crippen molar-refractivity contribution in [3.8, 4) is 11.5 Å². The van der Waals surface area contributed by atoms with Gasteiger partial charge in [0, 0.05) is 10.6 Å². The topological polar surface area (TPSA) is 52.6 Å². The van der Waals surface area contributed by atoms with Crippen molar-refractivity contribution in [2.75, 3.05) is 6.61 Å². The van der Waals surface area contributed by atoms with Gasteiger partial charge in [-0.25, -0.2) is 4.79 Å². The molecule has 6 heteroatoms. The number of hydrogen-bond donors (Lipinski definition) is 0. The van der Waals surface area contributed by atoms with Crippen LogP contribution in [0, 0.1) is 0 Å². The largest absolute Gasteiger partial charge is 0.480 e. The minimum atomic E-state index is -0.607. The van der Waals surface area contributed by atoms with Crippen molar-refractivity contribution in [3.05, 3.63) is 58.1 Å². The van der Waals surface area contributed by atoms with Crippen molar-refractivity contribution in [1.82, 2.24) is 0 Å². The summed E-state index contributed by atoms with van der Waals surface area (Å²) in [6, 6.07) is 10.9. The highest BCUT2D eigenvalue weighted by molar-refractivity contribution is 6.35. The molecule has 0 saturated heterocycles. The molecule has 0 N–H and O–H groups in total. The summed E-state index contributed by atoms with van der Waals surface area (Å²) >= 11 is 11.7. The van der Waals surface area contributed by atoms with Gasteiger partial charge >= 0.3 is 5.97 Å². The molecule has 0 amide bonds. The highest BCUT2D eigenvalue weighted by Crippen LogP contribution is 2.27. The average molecular weight is 325 g/mol. The van der Waals surface area contributed by atoms with Crippen molar-refractivity contribution in [2.24, 2.45) is 0 Å². The Morgan fingerprint density at radius 2 is 1.95 bits per heavy atom. The van der Waals surface area contributed by atoms with Crippen molar-refractivity contribution < 1.29 is 19.1 Å². The number of benzene rings is 2. The lowest BCUT2D eigenvalue weighted by molar-refractivity contribution is -0.136. The highest BCUT2D eigenvalue weighted by atomic mass is 35.5. The maximum atomic E-state index is 11.7. The molecule has 0 heterocycles. The van der Waals surface area contributed by atoms with Crippen LogP contribution < -0.4 is 9.47 Å². The van der Waals surface area contributed by atoms with Gasteiger partial charge in [0.1, 0.15) is 17.8 Å². The second-order valence-corrected chi connectivity index (χ2v) is 4.87. The Kier molecular flexibility index (Phi) is 5.20. The van der Waals surface area contributed by atoms with Gasteiger partial charge < -0.3 is 9.47 Å². The van der Waals surface area contributed by atoms with Gasteiger partial charge in [-0.15, -0.1) is 0 Å². The van der Waals surface area contributed by atoms with Gasteiger partial charge in [-0.05, 0) is 30.3 Å². The zero-order valence-corrected chi connectivity index (χ0v) is 12.2. The molecule has 2 aromatic rings. The molecule has 0 bridgehead atoms. The van der Waals surface area contributed by atoms with Crippen molar-refractivity contribution in [1.29, 1.82) is 0 Å². The molecule has 0 radical (unpaired) electrons. The summed E-state index contributed by atoms with van der Waals surface area (Å²) in [5.74, 6) is -0.000808. The van der Waals surface area contributed by atoms with Crippen molar-refractivity contribution >= 4 is 35.5 Å². The minimum Gasteiger partial charge on any atom is -0.480 e. The van der Waals surface area contributed by atoms with Crippen LogP contribution in [0.25, 0.3) is 0 Å². The first-order chi connectivity index (χ1) is 10.1. The molecule has 0 fully saturated rings. The molecule has 0 unspecified atom stereocenters. The second-order valence-electron chi connectivity index (χ2n) is 4.03. The van der Waals surface area contributed by atoms with E-state index in [4.69, 9.17) is 32.7 Å². The second kappa shape index (κ2) is 7.11. The molecular weight excluding hydrogens is 315 g/mol. The third kappa shape index (κ3) is 4.48. The summed E-state index contributed by atoms with van der Waals surface area (Å²) in [4.78, 5) is 22.3. The fourth-order valence-electron chi connectivity index (χ4n) is 1.54. The van der Waals surface area contributed by atoms with E-state index in [1.54, 1.807) is 30.3 Å². The van der Waals surface area contributed by atoms with Crippen molar-refractivity contribution in [2.45, 2.75) is 0 Å². The predicted octanol–water partition coefficient (Wildman–Crippen LogP) is 3.79. The number of carbonyl (C=O) groups excluding carboxylic acids is 2. The third-order valence-electron chi connectivity index (χ3n) is 2.47. The molecule has 0 aromatic heterocycles. The maximum absolute atomic E-state index is 11.7. The number of hydrogen-bond acceptors (Lipinski definition) is 4. The van der Waals surface area contributed by atoms with Crippen LogP contribution in [0.3, 0.4) is 0 Å². The van der Waals surface area contributed by atoms with E-state index < -0.39 is 5.97 Å². The van der Waals surface area contributed by atoms with Gasteiger partial charge in [-0.2, -0.15) is 0 Å². The Balaban J connectivity index is 1.94. The average Bonchev–Trinajstić information content (AvgIpc) is 2.46. The zero-order chi connectivity index (χ0) is 15.2.